The summed E-state index contributed by atoms with van der Waals surface area (Å²) in [6.45, 7) is 11.3. The molecule has 1 aliphatic rings. The smallest absolute Gasteiger partial charge is 0.102 e. The van der Waals surface area contributed by atoms with E-state index in [1.54, 1.807) is 0 Å². The standard InChI is InChI=1S/C16H26IN2O/c1-3-19(13-14-20)11-9-18(10-12-19)16(2,17)15-7-5-4-6-8-15/h4-8,20H,3,9-14H2,1-2H3/q+1. The molecule has 1 N–H and O–H groups in total. The maximum atomic E-state index is 9.29. The minimum atomic E-state index is 0.0576. The van der Waals surface area contributed by atoms with Gasteiger partial charge in [0, 0.05) is 13.1 Å². The lowest BCUT2D eigenvalue weighted by Gasteiger charge is -2.48. The molecule has 1 heterocycles. The van der Waals surface area contributed by atoms with Crippen molar-refractivity contribution in [2.45, 2.75) is 17.4 Å². The van der Waals surface area contributed by atoms with Gasteiger partial charge in [-0.25, -0.2) is 0 Å². The summed E-state index contributed by atoms with van der Waals surface area (Å²) in [6, 6.07) is 10.8. The lowest BCUT2D eigenvalue weighted by atomic mass is 10.1. The summed E-state index contributed by atoms with van der Waals surface area (Å²) in [5.74, 6) is 0. The van der Waals surface area contributed by atoms with Crippen molar-refractivity contribution in [1.82, 2.24) is 4.90 Å². The Hall–Kier alpha value is -0.170. The van der Waals surface area contributed by atoms with Crippen LogP contribution in [0.15, 0.2) is 30.3 Å². The monoisotopic (exact) mass is 389 g/mol. The number of alkyl halides is 1. The second kappa shape index (κ2) is 6.73. The fraction of sp³-hybridized carbons (Fsp3) is 0.625. The minimum Gasteiger partial charge on any atom is -0.391 e. The molecular formula is C16H26IN2O+. The fourth-order valence-corrected chi connectivity index (χ4v) is 3.99. The zero-order valence-electron chi connectivity index (χ0n) is 12.6. The van der Waals surface area contributed by atoms with Crippen LogP contribution in [0.5, 0.6) is 0 Å². The molecule has 1 saturated heterocycles. The number of rotatable bonds is 5. The Morgan fingerprint density at radius 2 is 1.85 bits per heavy atom. The van der Waals surface area contributed by atoms with E-state index < -0.39 is 0 Å². The van der Waals surface area contributed by atoms with Crippen LogP contribution in [0.1, 0.15) is 19.4 Å². The highest BCUT2D eigenvalue weighted by Gasteiger charge is 2.38. The van der Waals surface area contributed by atoms with Gasteiger partial charge in [-0.2, -0.15) is 0 Å². The molecule has 112 valence electrons. The third-order valence-corrected chi connectivity index (χ3v) is 6.13. The second-order valence-corrected chi connectivity index (χ2v) is 7.96. The van der Waals surface area contributed by atoms with Gasteiger partial charge in [0.05, 0.1) is 29.8 Å². The summed E-state index contributed by atoms with van der Waals surface area (Å²) >= 11 is 2.58. The molecule has 1 aliphatic heterocycles. The van der Waals surface area contributed by atoms with Crippen LogP contribution in [-0.4, -0.2) is 60.4 Å². The van der Waals surface area contributed by atoms with Crippen LogP contribution in [-0.2, 0) is 3.55 Å². The van der Waals surface area contributed by atoms with E-state index in [0.29, 0.717) is 6.61 Å². The fourth-order valence-electron chi connectivity index (χ4n) is 3.14. The van der Waals surface area contributed by atoms with E-state index >= 15 is 0 Å². The zero-order valence-corrected chi connectivity index (χ0v) is 14.7. The number of aliphatic hydroxyl groups excluding tert-OH is 1. The highest BCUT2D eigenvalue weighted by molar-refractivity contribution is 14.1. The summed E-state index contributed by atoms with van der Waals surface area (Å²) in [6.07, 6.45) is 0. The van der Waals surface area contributed by atoms with Crippen molar-refractivity contribution in [3.8, 4) is 0 Å². The highest BCUT2D eigenvalue weighted by atomic mass is 127. The maximum Gasteiger partial charge on any atom is 0.102 e. The Morgan fingerprint density at radius 3 is 2.35 bits per heavy atom. The largest absolute Gasteiger partial charge is 0.391 e. The Kier molecular flexibility index (Phi) is 5.45. The van der Waals surface area contributed by atoms with Gasteiger partial charge in [0.1, 0.15) is 6.54 Å². The van der Waals surface area contributed by atoms with Gasteiger partial charge < -0.3 is 9.59 Å². The molecule has 1 unspecified atom stereocenters. The number of hydrogen-bond donors (Lipinski definition) is 1. The molecule has 4 heteroatoms. The van der Waals surface area contributed by atoms with Crippen molar-refractivity contribution in [2.75, 3.05) is 45.9 Å². The first kappa shape index (κ1) is 16.2. The molecule has 0 bridgehead atoms. The molecule has 1 fully saturated rings. The summed E-state index contributed by atoms with van der Waals surface area (Å²) in [5.41, 5.74) is 1.37. The first-order chi connectivity index (χ1) is 9.54. The molecule has 0 amide bonds. The van der Waals surface area contributed by atoms with Crippen LogP contribution in [0, 0.1) is 0 Å². The minimum absolute atomic E-state index is 0.0576. The topological polar surface area (TPSA) is 23.5 Å². The number of likely N-dealkylation sites (N-methyl/N-ethyl adjacent to an activating group) is 1. The number of halogens is 1. The summed E-state index contributed by atoms with van der Waals surface area (Å²) < 4.78 is 1.12. The first-order valence-corrected chi connectivity index (χ1v) is 8.57. The van der Waals surface area contributed by atoms with Gasteiger partial charge in [-0.15, -0.1) is 0 Å². The van der Waals surface area contributed by atoms with Crippen molar-refractivity contribution < 1.29 is 9.59 Å². The third-order valence-electron chi connectivity index (χ3n) is 4.83. The van der Waals surface area contributed by atoms with Gasteiger partial charge >= 0.3 is 0 Å². The number of hydrogen-bond acceptors (Lipinski definition) is 2. The lowest BCUT2D eigenvalue weighted by Crippen LogP contribution is -2.62. The maximum absolute atomic E-state index is 9.29. The molecule has 1 atom stereocenters. The Morgan fingerprint density at radius 1 is 1.25 bits per heavy atom. The van der Waals surface area contributed by atoms with Crippen molar-refractivity contribution in [3.05, 3.63) is 35.9 Å². The van der Waals surface area contributed by atoms with E-state index in [4.69, 9.17) is 0 Å². The third kappa shape index (κ3) is 3.35. The van der Waals surface area contributed by atoms with E-state index in [1.807, 2.05) is 0 Å². The molecule has 0 spiro atoms. The SMILES string of the molecule is CC[N+]1(CCO)CCN(C(C)(I)c2ccccc2)CC1. The molecule has 20 heavy (non-hydrogen) atoms. The van der Waals surface area contributed by atoms with E-state index in [1.165, 1.54) is 5.56 Å². The van der Waals surface area contributed by atoms with E-state index in [9.17, 15) is 5.11 Å². The van der Waals surface area contributed by atoms with Gasteiger partial charge in [-0.3, -0.25) is 4.90 Å². The average molecular weight is 389 g/mol. The van der Waals surface area contributed by atoms with Crippen LogP contribution < -0.4 is 0 Å². The number of benzene rings is 1. The van der Waals surface area contributed by atoms with Crippen LogP contribution >= 0.6 is 22.6 Å². The number of aliphatic hydroxyl groups is 1. The van der Waals surface area contributed by atoms with Gasteiger partial charge in [-0.05, 0) is 19.4 Å². The van der Waals surface area contributed by atoms with E-state index in [2.05, 4.69) is 71.7 Å². The normalized spacial score (nSPS) is 22.4. The molecule has 0 saturated carbocycles. The van der Waals surface area contributed by atoms with Crippen LogP contribution in [0.3, 0.4) is 0 Å². The van der Waals surface area contributed by atoms with Crippen LogP contribution in [0.2, 0.25) is 0 Å². The quantitative estimate of drug-likeness (QED) is 0.362. The summed E-state index contributed by atoms with van der Waals surface area (Å²) in [5, 5.41) is 9.29. The highest BCUT2D eigenvalue weighted by Crippen LogP contribution is 2.36. The van der Waals surface area contributed by atoms with E-state index in [0.717, 1.165) is 43.8 Å². The molecule has 1 aromatic rings. The molecule has 0 aliphatic carbocycles. The average Bonchev–Trinajstić information content (AvgIpc) is 2.49. The van der Waals surface area contributed by atoms with Crippen molar-refractivity contribution in [3.63, 3.8) is 0 Å². The molecular weight excluding hydrogens is 363 g/mol. The van der Waals surface area contributed by atoms with Crippen molar-refractivity contribution in [2.24, 2.45) is 0 Å². The lowest BCUT2D eigenvalue weighted by molar-refractivity contribution is -0.930. The van der Waals surface area contributed by atoms with Crippen LogP contribution in [0.25, 0.3) is 0 Å². The zero-order chi connectivity index (χ0) is 14.6. The number of nitrogens with zero attached hydrogens (tertiary/aromatic N) is 2. The van der Waals surface area contributed by atoms with Crippen molar-refractivity contribution in [1.29, 1.82) is 0 Å². The van der Waals surface area contributed by atoms with Gasteiger partial charge in [0.25, 0.3) is 0 Å². The predicted octanol–water partition coefficient (Wildman–Crippen LogP) is 2.44. The molecule has 3 nitrogen and oxygen atoms in total. The molecule has 1 aromatic carbocycles. The molecule has 0 radical (unpaired) electrons. The Balaban J connectivity index is 2.06. The number of piperazine rings is 1. The predicted molar refractivity (Wildman–Crippen MR) is 91.9 cm³/mol. The van der Waals surface area contributed by atoms with Crippen LogP contribution in [0.4, 0.5) is 0 Å². The van der Waals surface area contributed by atoms with E-state index in [-0.39, 0.29) is 3.55 Å². The second-order valence-electron chi connectivity index (χ2n) is 5.86. The Bertz CT molecular complexity index is 414. The van der Waals surface area contributed by atoms with Gasteiger partial charge in [-0.1, -0.05) is 52.9 Å². The summed E-state index contributed by atoms with van der Waals surface area (Å²) in [7, 11) is 0. The first-order valence-electron chi connectivity index (χ1n) is 7.49. The Labute approximate surface area is 136 Å². The molecule has 0 aromatic heterocycles. The molecule has 2 rings (SSSR count). The summed E-state index contributed by atoms with van der Waals surface area (Å²) in [4.78, 5) is 2.58. The van der Waals surface area contributed by atoms with Gasteiger partial charge in [0.15, 0.2) is 0 Å². The van der Waals surface area contributed by atoms with Crippen molar-refractivity contribution >= 4 is 22.6 Å². The van der Waals surface area contributed by atoms with Gasteiger partial charge in [0.2, 0.25) is 0 Å². The number of quaternary nitrogens is 1.